The van der Waals surface area contributed by atoms with Crippen LogP contribution in [-0.4, -0.2) is 35.5 Å². The predicted molar refractivity (Wildman–Crippen MR) is 83.4 cm³/mol. The fourth-order valence-electron chi connectivity index (χ4n) is 2.03. The van der Waals surface area contributed by atoms with Crippen molar-refractivity contribution in [2.24, 2.45) is 11.3 Å². The smallest absolute Gasteiger partial charge is 0.0896 e. The first kappa shape index (κ1) is 18.7. The molecule has 0 aromatic rings. The zero-order chi connectivity index (χ0) is 14.9. The zero-order valence-corrected chi connectivity index (χ0v) is 13.2. The number of allylic oxidation sites excluding steroid dienone is 2. The van der Waals surface area contributed by atoms with Gasteiger partial charge in [0.25, 0.3) is 0 Å². The highest BCUT2D eigenvalue weighted by molar-refractivity contribution is 7.80. The SMILES string of the molecule is C=C(CO)CO.CC1CC=CCC1(C)C(C)OCS. The maximum atomic E-state index is 8.08. The van der Waals surface area contributed by atoms with E-state index < -0.39 is 0 Å². The minimum atomic E-state index is -0.115. The number of rotatable bonds is 5. The first-order valence-corrected chi connectivity index (χ1v) is 7.31. The molecule has 3 atom stereocenters. The molecule has 0 saturated carbocycles. The van der Waals surface area contributed by atoms with Crippen LogP contribution in [0.2, 0.25) is 0 Å². The van der Waals surface area contributed by atoms with Crippen LogP contribution in [0.1, 0.15) is 33.6 Å². The van der Waals surface area contributed by atoms with Crippen LogP contribution < -0.4 is 0 Å². The van der Waals surface area contributed by atoms with Crippen molar-refractivity contribution in [3.05, 3.63) is 24.3 Å². The van der Waals surface area contributed by atoms with Crippen molar-refractivity contribution < 1.29 is 14.9 Å². The Bertz CT molecular complexity index is 285. The first-order chi connectivity index (χ1) is 8.92. The molecular weight excluding hydrogens is 260 g/mol. The minimum absolute atomic E-state index is 0.115. The average molecular weight is 288 g/mol. The fourth-order valence-corrected chi connectivity index (χ4v) is 2.25. The van der Waals surface area contributed by atoms with E-state index >= 15 is 0 Å². The Morgan fingerprint density at radius 2 is 2.05 bits per heavy atom. The average Bonchev–Trinajstić information content (AvgIpc) is 2.42. The van der Waals surface area contributed by atoms with Gasteiger partial charge in [0, 0.05) is 0 Å². The predicted octanol–water partition coefficient (Wildman–Crippen LogP) is 2.80. The maximum absolute atomic E-state index is 8.08. The molecule has 0 bridgehead atoms. The number of aliphatic hydroxyl groups is 2. The molecule has 4 heteroatoms. The van der Waals surface area contributed by atoms with Gasteiger partial charge in [-0.1, -0.05) is 32.6 Å². The van der Waals surface area contributed by atoms with Crippen molar-refractivity contribution in [2.45, 2.75) is 39.7 Å². The fraction of sp³-hybridized carbons (Fsp3) is 0.733. The molecule has 0 heterocycles. The van der Waals surface area contributed by atoms with Gasteiger partial charge in [0.2, 0.25) is 0 Å². The molecule has 19 heavy (non-hydrogen) atoms. The third-order valence-electron chi connectivity index (χ3n) is 4.04. The molecular formula is C15H28O3S. The lowest BCUT2D eigenvalue weighted by Crippen LogP contribution is -2.38. The molecule has 0 aromatic carbocycles. The van der Waals surface area contributed by atoms with Crippen molar-refractivity contribution in [2.75, 3.05) is 19.2 Å². The van der Waals surface area contributed by atoms with E-state index in [-0.39, 0.29) is 18.6 Å². The topological polar surface area (TPSA) is 49.7 Å². The summed E-state index contributed by atoms with van der Waals surface area (Å²) in [4.78, 5) is 0. The lowest BCUT2D eigenvalue weighted by molar-refractivity contribution is -0.0287. The van der Waals surface area contributed by atoms with Crippen LogP contribution in [0.5, 0.6) is 0 Å². The Morgan fingerprint density at radius 3 is 2.42 bits per heavy atom. The van der Waals surface area contributed by atoms with E-state index in [4.69, 9.17) is 14.9 Å². The summed E-state index contributed by atoms with van der Waals surface area (Å²) in [5.74, 6) is 1.22. The largest absolute Gasteiger partial charge is 0.392 e. The van der Waals surface area contributed by atoms with E-state index in [9.17, 15) is 0 Å². The summed E-state index contributed by atoms with van der Waals surface area (Å²) in [6.45, 7) is 9.84. The lowest BCUT2D eigenvalue weighted by atomic mass is 9.68. The summed E-state index contributed by atoms with van der Waals surface area (Å²) in [5.41, 5.74) is 0.743. The van der Waals surface area contributed by atoms with Crippen LogP contribution in [0.15, 0.2) is 24.3 Å². The Hall–Kier alpha value is -0.290. The van der Waals surface area contributed by atoms with E-state index in [1.54, 1.807) is 0 Å². The summed E-state index contributed by atoms with van der Waals surface area (Å²) < 4.78 is 5.59. The van der Waals surface area contributed by atoms with Gasteiger partial charge in [-0.15, -0.1) is 0 Å². The van der Waals surface area contributed by atoms with E-state index in [0.717, 1.165) is 6.42 Å². The summed E-state index contributed by atoms with van der Waals surface area (Å²) in [7, 11) is 0. The molecule has 3 unspecified atom stereocenters. The second-order valence-corrected chi connectivity index (χ2v) is 5.58. The highest BCUT2D eigenvalue weighted by Crippen LogP contribution is 2.41. The van der Waals surface area contributed by atoms with Gasteiger partial charge >= 0.3 is 0 Å². The number of hydrogen-bond donors (Lipinski definition) is 3. The molecule has 1 aliphatic rings. The molecule has 0 aromatic heterocycles. The molecule has 0 radical (unpaired) electrons. The molecule has 0 saturated heterocycles. The maximum Gasteiger partial charge on any atom is 0.0896 e. The third-order valence-corrected chi connectivity index (χ3v) is 4.19. The van der Waals surface area contributed by atoms with Crippen molar-refractivity contribution in [3.8, 4) is 0 Å². The van der Waals surface area contributed by atoms with Crippen LogP contribution in [0.3, 0.4) is 0 Å². The minimum Gasteiger partial charge on any atom is -0.392 e. The Morgan fingerprint density at radius 1 is 1.47 bits per heavy atom. The quantitative estimate of drug-likeness (QED) is 0.414. The normalized spacial score (nSPS) is 27.4. The second kappa shape index (κ2) is 9.59. The lowest BCUT2D eigenvalue weighted by Gasteiger charge is -2.41. The van der Waals surface area contributed by atoms with Crippen LogP contribution in [-0.2, 0) is 4.74 Å². The van der Waals surface area contributed by atoms with Crippen molar-refractivity contribution in [1.82, 2.24) is 0 Å². The summed E-state index contributed by atoms with van der Waals surface area (Å²) in [6.07, 6.45) is 7.16. The molecule has 112 valence electrons. The molecule has 2 N–H and O–H groups in total. The van der Waals surface area contributed by atoms with Gasteiger partial charge in [-0.2, -0.15) is 12.6 Å². The van der Waals surface area contributed by atoms with E-state index in [1.165, 1.54) is 6.42 Å². The number of ether oxygens (including phenoxy) is 1. The van der Waals surface area contributed by atoms with Crippen molar-refractivity contribution >= 4 is 12.6 Å². The van der Waals surface area contributed by atoms with Crippen LogP contribution in [0.25, 0.3) is 0 Å². The molecule has 1 aliphatic carbocycles. The van der Waals surface area contributed by atoms with Crippen LogP contribution >= 0.6 is 12.6 Å². The van der Waals surface area contributed by atoms with E-state index in [2.05, 4.69) is 52.1 Å². The van der Waals surface area contributed by atoms with Gasteiger partial charge in [0.05, 0.1) is 25.3 Å². The van der Waals surface area contributed by atoms with E-state index in [0.29, 0.717) is 23.5 Å². The van der Waals surface area contributed by atoms with Crippen molar-refractivity contribution in [3.63, 3.8) is 0 Å². The number of hydrogen-bond acceptors (Lipinski definition) is 4. The molecule has 0 aliphatic heterocycles. The van der Waals surface area contributed by atoms with Crippen LogP contribution in [0, 0.1) is 11.3 Å². The van der Waals surface area contributed by atoms with Gasteiger partial charge in [-0.05, 0) is 36.7 Å². The van der Waals surface area contributed by atoms with E-state index in [1.807, 2.05) is 0 Å². The van der Waals surface area contributed by atoms with Gasteiger partial charge < -0.3 is 14.9 Å². The summed E-state index contributed by atoms with van der Waals surface area (Å²) in [5, 5.41) is 16.2. The van der Waals surface area contributed by atoms with Gasteiger partial charge in [-0.25, -0.2) is 0 Å². The van der Waals surface area contributed by atoms with Gasteiger partial charge in [0.1, 0.15) is 0 Å². The van der Waals surface area contributed by atoms with Gasteiger partial charge in [-0.3, -0.25) is 0 Å². The molecule has 0 spiro atoms. The standard InChI is InChI=1S/C11H20OS.C4H8O2/c1-9-6-4-5-7-11(9,3)10(2)12-8-13;1-4(2-5)3-6/h4-5,9-10,13H,6-8H2,1-3H3;5-6H,1-3H2. The highest BCUT2D eigenvalue weighted by Gasteiger charge is 2.37. The summed E-state index contributed by atoms with van der Waals surface area (Å²) in [6, 6.07) is 0. The monoisotopic (exact) mass is 288 g/mol. The highest BCUT2D eigenvalue weighted by atomic mass is 32.1. The second-order valence-electron chi connectivity index (χ2n) is 5.32. The summed E-state index contributed by atoms with van der Waals surface area (Å²) >= 11 is 4.11. The van der Waals surface area contributed by atoms with Crippen LogP contribution in [0.4, 0.5) is 0 Å². The Balaban J connectivity index is 0.000000459. The zero-order valence-electron chi connectivity index (χ0n) is 12.3. The molecule has 0 amide bonds. The number of aliphatic hydroxyl groups excluding tert-OH is 2. The number of thiol groups is 1. The van der Waals surface area contributed by atoms with Gasteiger partial charge in [0.15, 0.2) is 0 Å². The van der Waals surface area contributed by atoms with Crippen molar-refractivity contribution in [1.29, 1.82) is 0 Å². The Labute approximate surface area is 122 Å². The molecule has 1 rings (SSSR count). The third kappa shape index (κ3) is 6.13. The first-order valence-electron chi connectivity index (χ1n) is 6.68. The molecule has 0 fully saturated rings. The molecule has 3 nitrogen and oxygen atoms in total. The Kier molecular flexibility index (Phi) is 9.44.